The molecule has 362 valence electrons. The molecular formula is C52H71N7O8. The zero-order valence-corrected chi connectivity index (χ0v) is 39.8. The number of nitriles is 1. The fourth-order valence-corrected chi connectivity index (χ4v) is 8.56. The number of unbranched alkanes of at least 4 members (excludes halogenated alkanes) is 5. The molecule has 1 aliphatic heterocycles. The second-order valence-electron chi connectivity index (χ2n) is 17.5. The van der Waals surface area contributed by atoms with Gasteiger partial charge in [-0.05, 0) is 85.7 Å². The Morgan fingerprint density at radius 1 is 0.866 bits per heavy atom. The van der Waals surface area contributed by atoms with Gasteiger partial charge in [-0.1, -0.05) is 76.3 Å². The monoisotopic (exact) mass is 922 g/mol. The third kappa shape index (κ3) is 15.8. The van der Waals surface area contributed by atoms with E-state index in [2.05, 4.69) is 17.6 Å². The quantitative estimate of drug-likeness (QED) is 0.0396. The highest BCUT2D eigenvalue weighted by Crippen LogP contribution is 2.41. The van der Waals surface area contributed by atoms with Gasteiger partial charge in [0.2, 0.25) is 17.7 Å². The van der Waals surface area contributed by atoms with E-state index in [1.54, 1.807) is 43.3 Å². The molecule has 3 aromatic carbocycles. The van der Waals surface area contributed by atoms with Gasteiger partial charge in [-0.15, -0.1) is 0 Å². The molecule has 4 rings (SSSR count). The van der Waals surface area contributed by atoms with Crippen molar-refractivity contribution in [2.24, 2.45) is 29.0 Å². The molecule has 0 spiro atoms. The molecule has 3 amide bonds. The number of likely N-dealkylation sites (N-methyl/N-ethyl adjacent to an activating group) is 1. The summed E-state index contributed by atoms with van der Waals surface area (Å²) in [6, 6.07) is 15.8. The van der Waals surface area contributed by atoms with Crippen LogP contribution in [0, 0.1) is 30.1 Å². The largest absolute Gasteiger partial charge is 0.492 e. The molecule has 0 radical (unpaired) electrons. The summed E-state index contributed by atoms with van der Waals surface area (Å²) in [6.45, 7) is 6.33. The van der Waals surface area contributed by atoms with Crippen LogP contribution in [0.2, 0.25) is 0 Å². The highest BCUT2D eigenvalue weighted by Gasteiger charge is 2.36. The van der Waals surface area contributed by atoms with Gasteiger partial charge < -0.3 is 42.2 Å². The molecule has 3 aromatic rings. The van der Waals surface area contributed by atoms with Crippen molar-refractivity contribution in [3.8, 4) is 28.7 Å². The highest BCUT2D eigenvalue weighted by atomic mass is 16.5. The van der Waals surface area contributed by atoms with Crippen LogP contribution in [-0.4, -0.2) is 92.5 Å². The topological polar surface area (TPSA) is 250 Å². The Kier molecular flexibility index (Phi) is 22.1. The van der Waals surface area contributed by atoms with E-state index >= 15 is 0 Å². The van der Waals surface area contributed by atoms with Crippen molar-refractivity contribution >= 4 is 35.1 Å². The van der Waals surface area contributed by atoms with Gasteiger partial charge in [0.25, 0.3) is 0 Å². The van der Waals surface area contributed by atoms with Crippen molar-refractivity contribution in [3.05, 3.63) is 82.4 Å². The Labute approximate surface area is 395 Å². The Morgan fingerprint density at radius 2 is 1.54 bits per heavy atom. The number of hydrogen-bond donors (Lipinski definition) is 5. The number of carbonyl (C=O) groups excluding carboxylic acids is 6. The van der Waals surface area contributed by atoms with E-state index in [9.17, 15) is 28.8 Å². The number of benzene rings is 3. The molecule has 0 unspecified atom stereocenters. The number of nitrogens with zero attached hydrogens (tertiary/aromatic N) is 2. The number of ether oxygens (including phenoxy) is 2. The summed E-state index contributed by atoms with van der Waals surface area (Å²) in [5, 5.41) is 14.1. The van der Waals surface area contributed by atoms with Crippen LogP contribution in [0.3, 0.4) is 0 Å². The summed E-state index contributed by atoms with van der Waals surface area (Å²) in [5.41, 5.74) is 22.4. The van der Waals surface area contributed by atoms with Crippen LogP contribution in [-0.2, 0) is 36.8 Å². The molecule has 8 N–H and O–H groups in total. The van der Waals surface area contributed by atoms with Crippen LogP contribution in [0.4, 0.5) is 0 Å². The predicted octanol–water partition coefficient (Wildman–Crippen LogP) is 5.60. The van der Waals surface area contributed by atoms with Gasteiger partial charge in [0.05, 0.1) is 12.1 Å². The van der Waals surface area contributed by atoms with Crippen molar-refractivity contribution in [2.75, 3.05) is 46.4 Å². The van der Waals surface area contributed by atoms with Crippen molar-refractivity contribution in [3.63, 3.8) is 0 Å². The van der Waals surface area contributed by atoms with Gasteiger partial charge >= 0.3 is 0 Å². The maximum Gasteiger partial charge on any atom is 0.226 e. The van der Waals surface area contributed by atoms with E-state index in [-0.39, 0.29) is 83.7 Å². The molecule has 15 heteroatoms. The van der Waals surface area contributed by atoms with Gasteiger partial charge in [-0.25, -0.2) is 0 Å². The molecule has 0 saturated heterocycles. The average molecular weight is 922 g/mol. The number of nitrogens with one attached hydrogen (secondary N) is 2. The minimum Gasteiger partial charge on any atom is -0.492 e. The zero-order valence-electron chi connectivity index (χ0n) is 39.8. The Hall–Kier alpha value is -5.95. The van der Waals surface area contributed by atoms with E-state index in [0.717, 1.165) is 30.4 Å². The molecule has 0 aliphatic carbocycles. The summed E-state index contributed by atoms with van der Waals surface area (Å²) < 4.78 is 12.3. The number of carbonyl (C=O) groups is 6. The summed E-state index contributed by atoms with van der Waals surface area (Å²) in [6.07, 6.45) is 7.44. The van der Waals surface area contributed by atoms with Crippen LogP contribution in [0.1, 0.15) is 123 Å². The van der Waals surface area contributed by atoms with Crippen LogP contribution in [0.25, 0.3) is 11.1 Å². The summed E-state index contributed by atoms with van der Waals surface area (Å²) in [4.78, 5) is 85.0. The fraction of sp³-hybridized carbons (Fsp3) is 0.519. The molecule has 15 nitrogen and oxygen atoms in total. The molecular weight excluding hydrogens is 851 g/mol. The van der Waals surface area contributed by atoms with Gasteiger partial charge in [-0.2, -0.15) is 5.26 Å². The number of ketones is 3. The van der Waals surface area contributed by atoms with Crippen molar-refractivity contribution < 1.29 is 38.2 Å². The normalized spacial score (nSPS) is 16.5. The van der Waals surface area contributed by atoms with Crippen molar-refractivity contribution in [2.45, 2.75) is 116 Å². The summed E-state index contributed by atoms with van der Waals surface area (Å²) in [5.74, 6) is -3.58. The lowest BCUT2D eigenvalue weighted by Crippen LogP contribution is -2.46. The fourth-order valence-electron chi connectivity index (χ4n) is 8.56. The predicted molar refractivity (Wildman–Crippen MR) is 258 cm³/mol. The van der Waals surface area contributed by atoms with Crippen molar-refractivity contribution in [1.29, 1.82) is 5.26 Å². The van der Waals surface area contributed by atoms with Crippen LogP contribution >= 0.6 is 0 Å². The van der Waals surface area contributed by atoms with Gasteiger partial charge in [-0.3, -0.25) is 28.8 Å². The number of amides is 3. The first kappa shape index (κ1) is 53.7. The maximum atomic E-state index is 14.8. The van der Waals surface area contributed by atoms with E-state index in [4.69, 9.17) is 31.9 Å². The van der Waals surface area contributed by atoms with E-state index in [1.165, 1.54) is 37.6 Å². The Bertz CT molecular complexity index is 2220. The molecule has 0 fully saturated rings. The minimum absolute atomic E-state index is 0.0396. The molecule has 0 aromatic heterocycles. The maximum absolute atomic E-state index is 14.8. The second kappa shape index (κ2) is 27.6. The standard InChI is InChI=1S/C52H71N7O8/c1-5-6-7-8-9-10-11-36-12-15-40(34(2)28-36)45(61)33-39(20-21-53)52(65)59(4)50-38-14-18-48(67-27-24-56)42(32-38)41-30-37(13-17-47(41)66-26-23-55)31-43(58-51(64)35(3)29-46(50)62)44(60)16-19-49(63)57-25-22-54/h12-15,17-18,28,30,32,35,39,43,50H,5-11,16,19-21,23-27,29,31,33,53,55-56H2,1-4H3,(H,57,63)(H,58,64)/t35-,39-,43+,50+/m1/s1. The number of Topliss-reactive ketones (excluding diaryl/α,β-unsaturated/α-hetero) is 3. The Morgan fingerprint density at radius 3 is 2.19 bits per heavy atom. The molecule has 1 aliphatic rings. The number of aryl methyl sites for hydroxylation is 2. The average Bonchev–Trinajstić information content (AvgIpc) is 3.31. The molecule has 1 heterocycles. The molecule has 4 bridgehead atoms. The number of fused-ring (bicyclic) bond motifs is 5. The molecule has 67 heavy (non-hydrogen) atoms. The third-order valence-corrected chi connectivity index (χ3v) is 12.2. The lowest BCUT2D eigenvalue weighted by molar-refractivity contribution is -0.142. The first-order chi connectivity index (χ1) is 32.3. The zero-order chi connectivity index (χ0) is 48.9. The number of hydrogen-bond acceptors (Lipinski definition) is 12. The number of rotatable bonds is 25. The number of nitrogens with two attached hydrogens (primary N) is 3. The highest BCUT2D eigenvalue weighted by molar-refractivity contribution is 6.01. The Balaban J connectivity index is 1.75. The lowest BCUT2D eigenvalue weighted by atomic mass is 9.87. The van der Waals surface area contributed by atoms with E-state index in [0.29, 0.717) is 39.3 Å². The molecule has 0 saturated carbocycles. The van der Waals surface area contributed by atoms with Crippen LogP contribution < -0.4 is 37.3 Å². The van der Waals surface area contributed by atoms with Gasteiger partial charge in [0.1, 0.15) is 37.3 Å². The lowest BCUT2D eigenvalue weighted by Gasteiger charge is -2.32. The van der Waals surface area contributed by atoms with E-state index in [1.807, 2.05) is 31.2 Å². The first-order valence-corrected chi connectivity index (χ1v) is 23.8. The van der Waals surface area contributed by atoms with Crippen LogP contribution in [0.5, 0.6) is 11.5 Å². The SMILES string of the molecule is CCCCCCCCc1ccc(C(=O)C[C@@H](CCN)C(=O)N(C)[C@@H]2C(=O)C[C@@H](C)C(=O)N[C@H](C(=O)CCC(=O)NCC#N)Cc3ccc(OCCN)c(c3)-c3cc2ccc3OCCN)c(C)c1. The summed E-state index contributed by atoms with van der Waals surface area (Å²) in [7, 11) is 1.52. The smallest absolute Gasteiger partial charge is 0.226 e. The van der Waals surface area contributed by atoms with Crippen molar-refractivity contribution in [1.82, 2.24) is 15.5 Å². The third-order valence-electron chi connectivity index (χ3n) is 12.2. The van der Waals surface area contributed by atoms with E-state index < -0.39 is 53.2 Å². The minimum atomic E-state index is -1.23. The molecule has 4 atom stereocenters. The van der Waals surface area contributed by atoms with Gasteiger partial charge in [0, 0.05) is 74.3 Å². The second-order valence-corrected chi connectivity index (χ2v) is 17.5. The summed E-state index contributed by atoms with van der Waals surface area (Å²) >= 11 is 0. The van der Waals surface area contributed by atoms with Crippen LogP contribution in [0.15, 0.2) is 54.6 Å². The van der Waals surface area contributed by atoms with Gasteiger partial charge in [0.15, 0.2) is 17.3 Å². The first-order valence-electron chi connectivity index (χ1n) is 23.8.